The Kier molecular flexibility index (Phi) is 6.03. The van der Waals surface area contributed by atoms with E-state index in [9.17, 15) is 9.59 Å². The van der Waals surface area contributed by atoms with Crippen LogP contribution >= 0.6 is 0 Å². The molecule has 2 atom stereocenters. The monoisotopic (exact) mass is 442 g/mol. The van der Waals surface area contributed by atoms with Crippen LogP contribution in [0, 0.1) is 5.92 Å². The van der Waals surface area contributed by atoms with E-state index in [0.29, 0.717) is 29.0 Å². The number of nitrogens with one attached hydrogen (secondary N) is 1. The number of nitrogens with zero attached hydrogens (tertiary/aromatic N) is 1. The van der Waals surface area contributed by atoms with Crippen LogP contribution in [0.3, 0.4) is 0 Å². The number of fused-ring (bicyclic) bond motifs is 2. The van der Waals surface area contributed by atoms with E-state index in [1.807, 2.05) is 36.4 Å². The van der Waals surface area contributed by atoms with Gasteiger partial charge in [-0.3, -0.25) is 9.59 Å². The number of ether oxygens (including phenoxy) is 1. The van der Waals surface area contributed by atoms with E-state index in [0.717, 1.165) is 35.7 Å². The molecule has 2 fully saturated rings. The molecule has 1 aliphatic carbocycles. The first-order valence-electron chi connectivity index (χ1n) is 11.9. The molecule has 0 radical (unpaired) electrons. The van der Waals surface area contributed by atoms with Crippen molar-refractivity contribution in [2.45, 2.75) is 44.6 Å². The quantitative estimate of drug-likeness (QED) is 0.548. The van der Waals surface area contributed by atoms with Crippen molar-refractivity contribution < 1.29 is 14.3 Å². The summed E-state index contributed by atoms with van der Waals surface area (Å²) in [5.74, 6) is 1.28. The molecule has 3 aromatic rings. The van der Waals surface area contributed by atoms with Gasteiger partial charge in [0.2, 0.25) is 0 Å². The van der Waals surface area contributed by atoms with Crippen molar-refractivity contribution in [1.29, 1.82) is 0 Å². The van der Waals surface area contributed by atoms with Crippen LogP contribution in [0.5, 0.6) is 5.75 Å². The van der Waals surface area contributed by atoms with E-state index < -0.39 is 0 Å². The zero-order valence-electron chi connectivity index (χ0n) is 19.0. The topological polar surface area (TPSA) is 58.6 Å². The molecule has 1 saturated carbocycles. The number of rotatable bonds is 4. The largest absolute Gasteiger partial charge is 0.497 e. The van der Waals surface area contributed by atoms with Crippen molar-refractivity contribution in [3.05, 3.63) is 71.8 Å². The normalized spacial score (nSPS) is 20.2. The van der Waals surface area contributed by atoms with Crippen molar-refractivity contribution >= 4 is 28.3 Å². The molecular formula is C28H30N2O3. The number of methoxy groups -OCH3 is 1. The standard InChI is InChI=1S/C28H30N2O3/c1-33-21-14-12-20(13-15-21)27(31)29-25-17-16-24(22-9-3-4-10-23(22)25)28(32)30-18-6-8-19-7-2-5-11-26(19)30/h3-4,9-10,12-17,19,26H,2,5-8,11,18H2,1H3,(H,29,31). The lowest BCUT2D eigenvalue weighted by atomic mass is 9.78. The zero-order valence-corrected chi connectivity index (χ0v) is 19.0. The maximum Gasteiger partial charge on any atom is 0.255 e. The van der Waals surface area contributed by atoms with Crippen molar-refractivity contribution in [1.82, 2.24) is 4.90 Å². The highest BCUT2D eigenvalue weighted by Crippen LogP contribution is 2.37. The minimum atomic E-state index is -0.192. The molecule has 2 amide bonds. The second-order valence-electron chi connectivity index (χ2n) is 9.14. The highest BCUT2D eigenvalue weighted by Gasteiger charge is 2.36. The van der Waals surface area contributed by atoms with Crippen LogP contribution in [0.1, 0.15) is 59.2 Å². The zero-order chi connectivity index (χ0) is 22.8. The number of amides is 2. The first-order chi connectivity index (χ1) is 16.2. The van der Waals surface area contributed by atoms with Crippen molar-refractivity contribution in [3.63, 3.8) is 0 Å². The number of carbonyl (C=O) groups excluding carboxylic acids is 2. The van der Waals surface area contributed by atoms with Crippen LogP contribution in [0.15, 0.2) is 60.7 Å². The van der Waals surface area contributed by atoms with Gasteiger partial charge in [-0.2, -0.15) is 0 Å². The summed E-state index contributed by atoms with van der Waals surface area (Å²) in [5, 5.41) is 4.78. The van der Waals surface area contributed by atoms with E-state index in [-0.39, 0.29) is 11.8 Å². The molecule has 2 aliphatic rings. The lowest BCUT2D eigenvalue weighted by Crippen LogP contribution is -2.49. The average Bonchev–Trinajstić information content (AvgIpc) is 2.88. The van der Waals surface area contributed by atoms with Gasteiger partial charge in [0.25, 0.3) is 11.8 Å². The molecule has 5 heteroatoms. The van der Waals surface area contributed by atoms with Gasteiger partial charge in [-0.05, 0) is 73.4 Å². The first-order valence-corrected chi connectivity index (χ1v) is 11.9. The van der Waals surface area contributed by atoms with Gasteiger partial charge in [0.05, 0.1) is 7.11 Å². The number of hydrogen-bond acceptors (Lipinski definition) is 3. The maximum atomic E-state index is 13.7. The van der Waals surface area contributed by atoms with Gasteiger partial charge < -0.3 is 15.0 Å². The SMILES string of the molecule is COc1ccc(C(=O)Nc2ccc(C(=O)N3CCCC4CCCCC43)c3ccccc23)cc1. The second-order valence-corrected chi connectivity index (χ2v) is 9.14. The van der Waals surface area contributed by atoms with Crippen LogP contribution in [0.2, 0.25) is 0 Å². The summed E-state index contributed by atoms with van der Waals surface area (Å²) < 4.78 is 5.18. The van der Waals surface area contributed by atoms with Crippen LogP contribution in [-0.2, 0) is 0 Å². The fraction of sp³-hybridized carbons (Fsp3) is 0.357. The minimum absolute atomic E-state index is 0.121. The fourth-order valence-corrected chi connectivity index (χ4v) is 5.56. The van der Waals surface area contributed by atoms with Gasteiger partial charge in [-0.15, -0.1) is 0 Å². The van der Waals surface area contributed by atoms with E-state index in [4.69, 9.17) is 4.74 Å². The van der Waals surface area contributed by atoms with Gasteiger partial charge in [-0.1, -0.05) is 37.1 Å². The molecule has 1 heterocycles. The molecule has 33 heavy (non-hydrogen) atoms. The molecule has 1 saturated heterocycles. The number of anilines is 1. The Balaban J connectivity index is 1.44. The summed E-state index contributed by atoms with van der Waals surface area (Å²) in [6.45, 7) is 0.838. The van der Waals surface area contributed by atoms with Crippen molar-refractivity contribution in [2.75, 3.05) is 19.0 Å². The third-order valence-corrected chi connectivity index (χ3v) is 7.26. The summed E-state index contributed by atoms with van der Waals surface area (Å²) in [4.78, 5) is 28.7. The molecule has 5 nitrogen and oxygen atoms in total. The number of benzene rings is 3. The third-order valence-electron chi connectivity index (χ3n) is 7.26. The van der Waals surface area contributed by atoms with Gasteiger partial charge in [0.15, 0.2) is 0 Å². The van der Waals surface area contributed by atoms with Crippen LogP contribution in [0.4, 0.5) is 5.69 Å². The molecule has 1 aliphatic heterocycles. The Labute approximate surface area is 194 Å². The number of likely N-dealkylation sites (tertiary alicyclic amines) is 1. The second kappa shape index (κ2) is 9.26. The van der Waals surface area contributed by atoms with Crippen LogP contribution in [0.25, 0.3) is 10.8 Å². The van der Waals surface area contributed by atoms with E-state index >= 15 is 0 Å². The lowest BCUT2D eigenvalue weighted by molar-refractivity contribution is 0.0392. The Morgan fingerprint density at radius 1 is 0.879 bits per heavy atom. The maximum absolute atomic E-state index is 13.7. The Hall–Kier alpha value is -3.34. The summed E-state index contributed by atoms with van der Waals surface area (Å²) in [6, 6.07) is 19.0. The molecular weight excluding hydrogens is 412 g/mol. The molecule has 0 aromatic heterocycles. The summed E-state index contributed by atoms with van der Waals surface area (Å²) >= 11 is 0. The molecule has 1 N–H and O–H groups in total. The Bertz CT molecular complexity index is 1170. The number of carbonyl (C=O) groups is 2. The highest BCUT2D eigenvalue weighted by molar-refractivity contribution is 6.14. The Morgan fingerprint density at radius 3 is 2.39 bits per heavy atom. The number of hydrogen-bond donors (Lipinski definition) is 1. The smallest absolute Gasteiger partial charge is 0.255 e. The predicted molar refractivity (Wildman–Crippen MR) is 131 cm³/mol. The Morgan fingerprint density at radius 2 is 1.61 bits per heavy atom. The van der Waals surface area contributed by atoms with Crippen LogP contribution in [-0.4, -0.2) is 36.4 Å². The molecule has 170 valence electrons. The van der Waals surface area contributed by atoms with Crippen molar-refractivity contribution in [3.8, 4) is 5.75 Å². The van der Waals surface area contributed by atoms with E-state index in [1.165, 1.54) is 25.7 Å². The summed E-state index contributed by atoms with van der Waals surface area (Å²) in [7, 11) is 1.60. The highest BCUT2D eigenvalue weighted by atomic mass is 16.5. The van der Waals surface area contributed by atoms with Gasteiger partial charge >= 0.3 is 0 Å². The van der Waals surface area contributed by atoms with Gasteiger partial charge in [0, 0.05) is 34.8 Å². The van der Waals surface area contributed by atoms with Crippen molar-refractivity contribution in [2.24, 2.45) is 5.92 Å². The van der Waals surface area contributed by atoms with E-state index in [1.54, 1.807) is 31.4 Å². The molecule has 5 rings (SSSR count). The summed E-state index contributed by atoms with van der Waals surface area (Å²) in [5.41, 5.74) is 1.98. The van der Waals surface area contributed by atoms with E-state index in [2.05, 4.69) is 10.2 Å². The number of piperidine rings is 1. The minimum Gasteiger partial charge on any atom is -0.497 e. The predicted octanol–water partition coefficient (Wildman–Crippen LogP) is 5.90. The average molecular weight is 443 g/mol. The van der Waals surface area contributed by atoms with Gasteiger partial charge in [0.1, 0.15) is 5.75 Å². The van der Waals surface area contributed by atoms with Gasteiger partial charge in [-0.25, -0.2) is 0 Å². The molecule has 2 unspecified atom stereocenters. The third kappa shape index (κ3) is 4.20. The van der Waals surface area contributed by atoms with Crippen LogP contribution < -0.4 is 10.1 Å². The molecule has 0 bridgehead atoms. The molecule has 3 aromatic carbocycles. The summed E-state index contributed by atoms with van der Waals surface area (Å²) in [6.07, 6.45) is 7.18. The lowest BCUT2D eigenvalue weighted by Gasteiger charge is -2.44. The first kappa shape index (κ1) is 21.5. The fourth-order valence-electron chi connectivity index (χ4n) is 5.56. The molecule has 0 spiro atoms.